The number of carbonyl (C=O) groups is 1. The molecule has 0 saturated carbocycles. The third kappa shape index (κ3) is 3.93. The monoisotopic (exact) mass is 277 g/mol. The van der Waals surface area contributed by atoms with Crippen molar-refractivity contribution in [3.63, 3.8) is 0 Å². The highest BCUT2D eigenvalue weighted by molar-refractivity contribution is 5.76. The van der Waals surface area contributed by atoms with Crippen LogP contribution in [-0.2, 0) is 11.2 Å². The molecule has 1 aromatic rings. The van der Waals surface area contributed by atoms with Gasteiger partial charge in [0, 0.05) is 36.8 Å². The van der Waals surface area contributed by atoms with E-state index in [4.69, 9.17) is 0 Å². The largest absolute Gasteiger partial charge is 0.354 e. The average molecular weight is 277 g/mol. The van der Waals surface area contributed by atoms with Gasteiger partial charge in [-0.25, -0.2) is 0 Å². The molecule has 0 spiro atoms. The first kappa shape index (κ1) is 14.8. The van der Waals surface area contributed by atoms with E-state index >= 15 is 0 Å². The van der Waals surface area contributed by atoms with Gasteiger partial charge in [-0.15, -0.1) is 0 Å². The van der Waals surface area contributed by atoms with Crippen LogP contribution in [0.2, 0.25) is 0 Å². The lowest BCUT2D eigenvalue weighted by atomic mass is 9.91. The number of amides is 1. The van der Waals surface area contributed by atoms with E-state index in [1.807, 2.05) is 19.9 Å². The second kappa shape index (κ2) is 6.70. The van der Waals surface area contributed by atoms with E-state index in [0.29, 0.717) is 13.0 Å². The van der Waals surface area contributed by atoms with Crippen molar-refractivity contribution < 1.29 is 4.79 Å². The fourth-order valence-corrected chi connectivity index (χ4v) is 2.67. The summed E-state index contributed by atoms with van der Waals surface area (Å²) < 4.78 is 0. The molecule has 0 bridgehead atoms. The average Bonchev–Trinajstić information content (AvgIpc) is 2.37. The number of pyridine rings is 1. The number of carbonyl (C=O) groups excluding carboxylic acids is 1. The molecule has 20 heavy (non-hydrogen) atoms. The predicted octanol–water partition coefficient (Wildman–Crippen LogP) is 1.26. The summed E-state index contributed by atoms with van der Waals surface area (Å²) in [5, 5.41) is 6.30. The first-order chi connectivity index (χ1) is 9.56. The molecule has 2 rings (SSSR count). The number of nitrogens with one attached hydrogen (secondary N) is 3. The Morgan fingerprint density at radius 1 is 1.45 bits per heavy atom. The first-order valence-electron chi connectivity index (χ1n) is 7.31. The SMILES string of the molecule is CC(C)NC(=O)CCNC1CCCc2[nH]c(=O)ccc21. The molecule has 1 aromatic heterocycles. The molecule has 0 radical (unpaired) electrons. The number of aryl methyl sites for hydroxylation is 1. The summed E-state index contributed by atoms with van der Waals surface area (Å²) in [7, 11) is 0. The van der Waals surface area contributed by atoms with Crippen molar-refractivity contribution in [2.45, 2.75) is 51.6 Å². The number of rotatable bonds is 5. The molecule has 0 fully saturated rings. The van der Waals surface area contributed by atoms with Gasteiger partial charge in [0.05, 0.1) is 0 Å². The highest BCUT2D eigenvalue weighted by Gasteiger charge is 2.20. The van der Waals surface area contributed by atoms with Gasteiger partial charge < -0.3 is 15.6 Å². The van der Waals surface area contributed by atoms with E-state index in [2.05, 4.69) is 15.6 Å². The van der Waals surface area contributed by atoms with E-state index in [-0.39, 0.29) is 23.6 Å². The minimum atomic E-state index is -0.0410. The minimum absolute atomic E-state index is 0.0410. The van der Waals surface area contributed by atoms with E-state index in [1.165, 1.54) is 5.56 Å². The molecule has 3 N–H and O–H groups in total. The Morgan fingerprint density at radius 2 is 2.25 bits per heavy atom. The summed E-state index contributed by atoms with van der Waals surface area (Å²) >= 11 is 0. The van der Waals surface area contributed by atoms with Crippen LogP contribution < -0.4 is 16.2 Å². The molecule has 5 heteroatoms. The van der Waals surface area contributed by atoms with Crippen LogP contribution in [0.5, 0.6) is 0 Å². The molecule has 1 unspecified atom stereocenters. The molecule has 0 saturated heterocycles. The highest BCUT2D eigenvalue weighted by Crippen LogP contribution is 2.27. The Bertz CT molecular complexity index is 522. The van der Waals surface area contributed by atoms with E-state index in [0.717, 1.165) is 25.0 Å². The summed E-state index contributed by atoms with van der Waals surface area (Å²) in [6, 6.07) is 3.90. The van der Waals surface area contributed by atoms with Gasteiger partial charge in [-0.1, -0.05) is 6.07 Å². The van der Waals surface area contributed by atoms with Crippen LogP contribution in [0.25, 0.3) is 0 Å². The minimum Gasteiger partial charge on any atom is -0.354 e. The van der Waals surface area contributed by atoms with E-state index in [1.54, 1.807) is 6.07 Å². The third-order valence-corrected chi connectivity index (χ3v) is 3.52. The van der Waals surface area contributed by atoms with Crippen LogP contribution in [-0.4, -0.2) is 23.5 Å². The lowest BCUT2D eigenvalue weighted by Crippen LogP contribution is -2.34. The Balaban J connectivity index is 1.89. The second-order valence-electron chi connectivity index (χ2n) is 5.63. The second-order valence-corrected chi connectivity index (χ2v) is 5.63. The van der Waals surface area contributed by atoms with Crippen molar-refractivity contribution in [1.82, 2.24) is 15.6 Å². The zero-order chi connectivity index (χ0) is 14.5. The summed E-state index contributed by atoms with van der Waals surface area (Å²) in [5.74, 6) is 0.0741. The van der Waals surface area contributed by atoms with E-state index in [9.17, 15) is 9.59 Å². The van der Waals surface area contributed by atoms with Crippen LogP contribution in [0.4, 0.5) is 0 Å². The topological polar surface area (TPSA) is 74.0 Å². The third-order valence-electron chi connectivity index (χ3n) is 3.52. The lowest BCUT2D eigenvalue weighted by molar-refractivity contribution is -0.121. The first-order valence-corrected chi connectivity index (χ1v) is 7.31. The summed E-state index contributed by atoms with van der Waals surface area (Å²) in [4.78, 5) is 25.8. The number of hydrogen-bond acceptors (Lipinski definition) is 3. The van der Waals surface area contributed by atoms with Gasteiger partial charge in [0.25, 0.3) is 0 Å². The maximum Gasteiger partial charge on any atom is 0.248 e. The molecule has 0 aliphatic heterocycles. The molecule has 1 heterocycles. The van der Waals surface area contributed by atoms with Gasteiger partial charge in [0.15, 0.2) is 0 Å². The number of fused-ring (bicyclic) bond motifs is 1. The summed E-state index contributed by atoms with van der Waals surface area (Å²) in [5.41, 5.74) is 2.16. The van der Waals surface area contributed by atoms with Gasteiger partial charge in [-0.3, -0.25) is 9.59 Å². The molecule has 1 amide bonds. The number of aromatic amines is 1. The van der Waals surface area contributed by atoms with Crippen molar-refractivity contribution in [3.05, 3.63) is 33.7 Å². The Hall–Kier alpha value is -1.62. The Labute approximate surface area is 119 Å². The molecular weight excluding hydrogens is 254 g/mol. The molecule has 1 atom stereocenters. The maximum absolute atomic E-state index is 11.6. The van der Waals surface area contributed by atoms with Crippen LogP contribution >= 0.6 is 0 Å². The summed E-state index contributed by atoms with van der Waals surface area (Å²) in [6.45, 7) is 4.57. The number of aromatic nitrogens is 1. The lowest BCUT2D eigenvalue weighted by Gasteiger charge is -2.26. The standard InChI is InChI=1S/C15H23N3O2/c1-10(2)17-15(20)8-9-16-12-4-3-5-13-11(12)6-7-14(19)18-13/h6-7,10,12,16H,3-5,8-9H2,1-2H3,(H,17,20)(H,18,19). The normalized spacial score (nSPS) is 17.9. The predicted molar refractivity (Wildman–Crippen MR) is 78.6 cm³/mol. The van der Waals surface area contributed by atoms with Crippen molar-refractivity contribution in [2.24, 2.45) is 0 Å². The van der Waals surface area contributed by atoms with Gasteiger partial charge in [-0.2, -0.15) is 0 Å². The molecule has 0 aromatic carbocycles. The fraction of sp³-hybridized carbons (Fsp3) is 0.600. The molecular formula is C15H23N3O2. The fourth-order valence-electron chi connectivity index (χ4n) is 2.67. The van der Waals surface area contributed by atoms with Crippen molar-refractivity contribution in [2.75, 3.05) is 6.54 Å². The Kier molecular flexibility index (Phi) is 4.95. The quantitative estimate of drug-likeness (QED) is 0.758. The van der Waals surface area contributed by atoms with Crippen LogP contribution in [0.3, 0.4) is 0 Å². The van der Waals surface area contributed by atoms with Gasteiger partial charge in [0.2, 0.25) is 11.5 Å². The van der Waals surface area contributed by atoms with Gasteiger partial charge in [0.1, 0.15) is 0 Å². The molecule has 1 aliphatic carbocycles. The molecule has 110 valence electrons. The smallest absolute Gasteiger partial charge is 0.248 e. The van der Waals surface area contributed by atoms with Gasteiger partial charge in [-0.05, 0) is 38.7 Å². The zero-order valence-corrected chi connectivity index (χ0v) is 12.2. The Morgan fingerprint density at radius 3 is 3.00 bits per heavy atom. The number of hydrogen-bond donors (Lipinski definition) is 3. The van der Waals surface area contributed by atoms with Crippen LogP contribution in [0.1, 0.15) is 50.4 Å². The van der Waals surface area contributed by atoms with Crippen LogP contribution in [0.15, 0.2) is 16.9 Å². The van der Waals surface area contributed by atoms with Crippen molar-refractivity contribution >= 4 is 5.91 Å². The highest BCUT2D eigenvalue weighted by atomic mass is 16.1. The molecule has 5 nitrogen and oxygen atoms in total. The maximum atomic E-state index is 11.6. The van der Waals surface area contributed by atoms with E-state index < -0.39 is 0 Å². The molecule has 1 aliphatic rings. The van der Waals surface area contributed by atoms with Crippen molar-refractivity contribution in [1.29, 1.82) is 0 Å². The van der Waals surface area contributed by atoms with Crippen molar-refractivity contribution in [3.8, 4) is 0 Å². The zero-order valence-electron chi connectivity index (χ0n) is 12.2. The summed E-state index contributed by atoms with van der Waals surface area (Å²) in [6.07, 6.45) is 3.51. The van der Waals surface area contributed by atoms with Crippen LogP contribution in [0, 0.1) is 0 Å². The number of H-pyrrole nitrogens is 1. The van der Waals surface area contributed by atoms with Gasteiger partial charge >= 0.3 is 0 Å².